The van der Waals surface area contributed by atoms with Crippen LogP contribution >= 0.6 is 11.6 Å². The first-order chi connectivity index (χ1) is 10.0. The summed E-state index contributed by atoms with van der Waals surface area (Å²) >= 11 is 6.39. The van der Waals surface area contributed by atoms with Crippen molar-refractivity contribution in [1.82, 2.24) is 14.7 Å². The molecule has 0 amide bonds. The lowest BCUT2D eigenvalue weighted by atomic mass is 9.92. The number of aromatic nitrogens is 2. The molecule has 0 unspecified atom stereocenters. The highest BCUT2D eigenvalue weighted by molar-refractivity contribution is 6.31. The molecule has 6 heteroatoms. The number of hydrogen-bond acceptors (Lipinski definition) is 3. The van der Waals surface area contributed by atoms with Gasteiger partial charge in [-0.2, -0.15) is 5.10 Å². The molecule has 0 bridgehead atoms. The van der Waals surface area contributed by atoms with Gasteiger partial charge in [-0.15, -0.1) is 0 Å². The van der Waals surface area contributed by atoms with E-state index in [-0.39, 0.29) is 6.42 Å². The lowest BCUT2D eigenvalue weighted by molar-refractivity contribution is -0.137. The van der Waals surface area contributed by atoms with Gasteiger partial charge in [0.1, 0.15) is 0 Å². The van der Waals surface area contributed by atoms with Gasteiger partial charge in [0, 0.05) is 20.0 Å². The van der Waals surface area contributed by atoms with Crippen molar-refractivity contribution in [2.75, 3.05) is 13.1 Å². The zero-order valence-electron chi connectivity index (χ0n) is 12.8. The van der Waals surface area contributed by atoms with Crippen molar-refractivity contribution < 1.29 is 9.90 Å². The summed E-state index contributed by atoms with van der Waals surface area (Å²) in [6.45, 7) is 4.90. The summed E-state index contributed by atoms with van der Waals surface area (Å²) in [5.74, 6) is -0.142. The molecular formula is C15H24ClN3O2. The topological polar surface area (TPSA) is 58.4 Å². The van der Waals surface area contributed by atoms with Crippen LogP contribution in [-0.4, -0.2) is 38.8 Å². The van der Waals surface area contributed by atoms with Crippen LogP contribution in [-0.2, 0) is 24.8 Å². The molecule has 0 atom stereocenters. The minimum absolute atomic E-state index is 0.290. The van der Waals surface area contributed by atoms with Gasteiger partial charge in [-0.1, -0.05) is 18.5 Å². The summed E-state index contributed by atoms with van der Waals surface area (Å²) in [5.41, 5.74) is 2.04. The standard InChI is InChI=1S/C15H24ClN3O2/c1-3-12-15(16)13(18(2)17-12)10-19-8-6-11(7-9-19)4-5-14(20)21/h11H,3-10H2,1-2H3,(H,20,21). The molecule has 1 aromatic rings. The molecule has 1 saturated heterocycles. The van der Waals surface area contributed by atoms with Gasteiger partial charge in [-0.3, -0.25) is 14.4 Å². The Labute approximate surface area is 130 Å². The Bertz CT molecular complexity index is 493. The van der Waals surface area contributed by atoms with Gasteiger partial charge in [0.2, 0.25) is 0 Å². The van der Waals surface area contributed by atoms with E-state index in [0.717, 1.165) is 61.7 Å². The molecule has 2 rings (SSSR count). The van der Waals surface area contributed by atoms with Crippen LogP contribution in [0, 0.1) is 5.92 Å². The largest absolute Gasteiger partial charge is 0.481 e. The van der Waals surface area contributed by atoms with E-state index in [4.69, 9.17) is 16.7 Å². The normalized spacial score (nSPS) is 17.3. The van der Waals surface area contributed by atoms with Crippen LogP contribution in [0.3, 0.4) is 0 Å². The fourth-order valence-corrected chi connectivity index (χ4v) is 3.32. The third-order valence-corrected chi connectivity index (χ3v) is 4.79. The number of halogens is 1. The van der Waals surface area contributed by atoms with Gasteiger partial charge in [0.25, 0.3) is 0 Å². The maximum Gasteiger partial charge on any atom is 0.303 e. The molecule has 1 aliphatic rings. The van der Waals surface area contributed by atoms with Crippen molar-refractivity contribution in [2.24, 2.45) is 13.0 Å². The van der Waals surface area contributed by atoms with E-state index in [1.54, 1.807) is 0 Å². The first kappa shape index (κ1) is 16.3. The van der Waals surface area contributed by atoms with Crippen LogP contribution in [0.15, 0.2) is 0 Å². The van der Waals surface area contributed by atoms with E-state index < -0.39 is 5.97 Å². The molecule has 0 spiro atoms. The second-order valence-corrected chi connectivity index (χ2v) is 6.21. The number of carboxylic acid groups (broad SMARTS) is 1. The molecule has 0 aliphatic carbocycles. The van der Waals surface area contributed by atoms with Gasteiger partial charge in [-0.25, -0.2) is 0 Å². The number of carboxylic acids is 1. The van der Waals surface area contributed by atoms with Crippen LogP contribution in [0.25, 0.3) is 0 Å². The summed E-state index contributed by atoms with van der Waals surface area (Å²) in [5, 5.41) is 14.0. The molecule has 0 aromatic carbocycles. The lowest BCUT2D eigenvalue weighted by Crippen LogP contribution is -2.34. The summed E-state index contributed by atoms with van der Waals surface area (Å²) < 4.78 is 1.89. The summed E-state index contributed by atoms with van der Waals surface area (Å²) in [7, 11) is 1.94. The summed E-state index contributed by atoms with van der Waals surface area (Å²) in [4.78, 5) is 13.0. The average Bonchev–Trinajstić information content (AvgIpc) is 2.74. The molecule has 0 radical (unpaired) electrons. The second-order valence-electron chi connectivity index (χ2n) is 5.84. The molecule has 5 nitrogen and oxygen atoms in total. The van der Waals surface area contributed by atoms with E-state index in [1.807, 2.05) is 11.7 Å². The van der Waals surface area contributed by atoms with Gasteiger partial charge in [0.05, 0.1) is 16.4 Å². The Morgan fingerprint density at radius 2 is 2.10 bits per heavy atom. The van der Waals surface area contributed by atoms with Crippen molar-refractivity contribution in [3.8, 4) is 0 Å². The average molecular weight is 314 g/mol. The predicted octanol–water partition coefficient (Wildman–Crippen LogP) is 2.71. The third-order valence-electron chi connectivity index (χ3n) is 4.35. The van der Waals surface area contributed by atoms with Crippen molar-refractivity contribution in [3.63, 3.8) is 0 Å². The zero-order valence-corrected chi connectivity index (χ0v) is 13.6. The Kier molecular flexibility index (Phi) is 5.65. The number of rotatable bonds is 6. The van der Waals surface area contributed by atoms with E-state index in [1.165, 1.54) is 0 Å². The van der Waals surface area contributed by atoms with Gasteiger partial charge in [0.15, 0.2) is 0 Å². The molecule has 21 heavy (non-hydrogen) atoms. The van der Waals surface area contributed by atoms with Crippen molar-refractivity contribution in [2.45, 2.75) is 45.6 Å². The first-order valence-corrected chi connectivity index (χ1v) is 8.03. The number of aryl methyl sites for hydroxylation is 2. The first-order valence-electron chi connectivity index (χ1n) is 7.65. The summed E-state index contributed by atoms with van der Waals surface area (Å²) in [6, 6.07) is 0. The molecular weight excluding hydrogens is 290 g/mol. The SMILES string of the molecule is CCc1nn(C)c(CN2CCC(CCC(=O)O)CC2)c1Cl. The van der Waals surface area contributed by atoms with Crippen LogP contribution in [0.2, 0.25) is 5.02 Å². The zero-order chi connectivity index (χ0) is 15.4. The van der Waals surface area contributed by atoms with E-state index in [0.29, 0.717) is 5.92 Å². The van der Waals surface area contributed by atoms with Crippen LogP contribution in [0.1, 0.15) is 44.0 Å². The Morgan fingerprint density at radius 3 is 2.62 bits per heavy atom. The number of hydrogen-bond donors (Lipinski definition) is 1. The molecule has 1 aliphatic heterocycles. The Morgan fingerprint density at radius 1 is 1.43 bits per heavy atom. The van der Waals surface area contributed by atoms with E-state index in [9.17, 15) is 4.79 Å². The van der Waals surface area contributed by atoms with Crippen LogP contribution in [0.5, 0.6) is 0 Å². The molecule has 1 aromatic heterocycles. The Balaban J connectivity index is 1.86. The number of aliphatic carboxylic acids is 1. The Hall–Kier alpha value is -1.07. The smallest absolute Gasteiger partial charge is 0.303 e. The number of piperidine rings is 1. The number of likely N-dealkylation sites (tertiary alicyclic amines) is 1. The van der Waals surface area contributed by atoms with Crippen molar-refractivity contribution >= 4 is 17.6 Å². The molecule has 118 valence electrons. The van der Waals surface area contributed by atoms with Crippen molar-refractivity contribution in [1.29, 1.82) is 0 Å². The van der Waals surface area contributed by atoms with Gasteiger partial charge >= 0.3 is 5.97 Å². The molecule has 2 heterocycles. The molecule has 1 fully saturated rings. The highest BCUT2D eigenvalue weighted by Gasteiger charge is 2.22. The third kappa shape index (κ3) is 4.20. The van der Waals surface area contributed by atoms with Crippen molar-refractivity contribution in [3.05, 3.63) is 16.4 Å². The van der Waals surface area contributed by atoms with E-state index in [2.05, 4.69) is 16.9 Å². The minimum Gasteiger partial charge on any atom is -0.481 e. The monoisotopic (exact) mass is 313 g/mol. The van der Waals surface area contributed by atoms with Gasteiger partial charge < -0.3 is 5.11 Å². The fourth-order valence-electron chi connectivity index (χ4n) is 2.96. The van der Waals surface area contributed by atoms with Crippen LogP contribution < -0.4 is 0 Å². The highest BCUT2D eigenvalue weighted by atomic mass is 35.5. The van der Waals surface area contributed by atoms with Crippen LogP contribution in [0.4, 0.5) is 0 Å². The number of carbonyl (C=O) groups is 1. The number of nitrogens with zero attached hydrogens (tertiary/aromatic N) is 3. The molecule has 1 N–H and O–H groups in total. The molecule has 0 saturated carbocycles. The minimum atomic E-state index is -0.689. The van der Waals surface area contributed by atoms with E-state index >= 15 is 0 Å². The van der Waals surface area contributed by atoms with Gasteiger partial charge in [-0.05, 0) is 44.7 Å². The maximum absolute atomic E-state index is 10.6. The second kappa shape index (κ2) is 7.27. The quantitative estimate of drug-likeness (QED) is 0.877. The summed E-state index contributed by atoms with van der Waals surface area (Å²) in [6.07, 6.45) is 4.09. The fraction of sp³-hybridized carbons (Fsp3) is 0.733. The lowest BCUT2D eigenvalue weighted by Gasteiger charge is -2.31. The maximum atomic E-state index is 10.6. The highest BCUT2D eigenvalue weighted by Crippen LogP contribution is 2.26. The predicted molar refractivity (Wildman–Crippen MR) is 82.5 cm³/mol.